The van der Waals surface area contributed by atoms with Crippen molar-refractivity contribution in [1.82, 2.24) is 0 Å². The highest BCUT2D eigenvalue weighted by Gasteiger charge is 2.54. The van der Waals surface area contributed by atoms with Crippen LogP contribution in [0.5, 0.6) is 0 Å². The molecule has 5 rings (SSSR count). The van der Waals surface area contributed by atoms with Gasteiger partial charge in [0.1, 0.15) is 122 Å². The molecule has 0 radical (unpaired) electrons. The van der Waals surface area contributed by atoms with Gasteiger partial charge in [-0.2, -0.15) is 0 Å². The van der Waals surface area contributed by atoms with Crippen LogP contribution in [0.25, 0.3) is 0 Å². The Morgan fingerprint density at radius 2 is 0.643 bits per heavy atom. The molecule has 0 aromatic heterocycles. The average molecular weight is 829 g/mol. The van der Waals surface area contributed by atoms with Crippen LogP contribution in [-0.2, 0) is 42.6 Å². The maximum absolute atomic E-state index is 11.1. The number of aliphatic hydroxyl groups is 17. The first kappa shape index (κ1) is 46.0. The molecule has 5 saturated heterocycles. The Morgan fingerprint density at radius 1 is 0.304 bits per heavy atom. The molecule has 0 saturated carbocycles. The van der Waals surface area contributed by atoms with E-state index in [0.717, 1.165) is 0 Å². The van der Waals surface area contributed by atoms with Crippen molar-refractivity contribution in [2.75, 3.05) is 33.0 Å². The molecular weight excluding hydrogens is 776 g/mol. The Hall–Kier alpha value is -1.04. The van der Waals surface area contributed by atoms with Gasteiger partial charge >= 0.3 is 0 Å². The van der Waals surface area contributed by atoms with Crippen molar-refractivity contribution in [3.05, 3.63) is 0 Å². The third kappa shape index (κ3) is 9.46. The van der Waals surface area contributed by atoms with Crippen LogP contribution < -0.4 is 0 Å². The van der Waals surface area contributed by atoms with Crippen LogP contribution in [-0.4, -0.2) is 273 Å². The molecule has 25 atom stereocenters. The molecule has 5 aliphatic rings. The Bertz CT molecular complexity index is 1200. The summed E-state index contributed by atoms with van der Waals surface area (Å²) in [5.41, 5.74) is 0. The summed E-state index contributed by atoms with van der Waals surface area (Å²) in [6.45, 7) is -4.02. The van der Waals surface area contributed by atoms with E-state index in [4.69, 9.17) is 42.6 Å². The Balaban J connectivity index is 1.24. The normalized spacial score (nSPS) is 53.2. The highest BCUT2D eigenvalue weighted by Crippen LogP contribution is 2.33. The lowest BCUT2D eigenvalue weighted by Crippen LogP contribution is -2.67. The van der Waals surface area contributed by atoms with Crippen molar-refractivity contribution in [2.45, 2.75) is 154 Å². The van der Waals surface area contributed by atoms with Crippen molar-refractivity contribution >= 4 is 0 Å². The predicted octanol–water partition coefficient (Wildman–Crippen LogP) is -11.9. The number of rotatable bonds is 13. The minimum atomic E-state index is -2.13. The predicted molar refractivity (Wildman–Crippen MR) is 167 cm³/mol. The summed E-state index contributed by atoms with van der Waals surface area (Å²) in [6, 6.07) is 0. The zero-order valence-corrected chi connectivity index (χ0v) is 29.2. The van der Waals surface area contributed by atoms with Crippen molar-refractivity contribution < 1.29 is 129 Å². The van der Waals surface area contributed by atoms with Gasteiger partial charge in [0, 0.05) is 0 Å². The van der Waals surface area contributed by atoms with Gasteiger partial charge in [-0.3, -0.25) is 0 Å². The SMILES string of the molecule is OC[C@H]1O[C@H](OC[C@H]2O[C@@H](O[C@H]3[C@H](O)[C@H](O)[C@H](O[C@H]4[C@H](O)[C@H](O)C(O)O[C@@H]4CO[C@H]4O[C@H](CO)[C@H](O)[C@H](O)[C@H]4O)O[C@@H]3CO)[C@@H](O)[C@@H](O)[C@@H]2O)[C@H](O)[C@@H](O)[C@H]1O. The molecule has 26 nitrogen and oxygen atoms in total. The lowest BCUT2D eigenvalue weighted by molar-refractivity contribution is -0.382. The molecule has 0 bridgehead atoms. The summed E-state index contributed by atoms with van der Waals surface area (Å²) in [4.78, 5) is 0. The summed E-state index contributed by atoms with van der Waals surface area (Å²) < 4.78 is 49.0. The maximum Gasteiger partial charge on any atom is 0.187 e. The lowest BCUT2D eigenvalue weighted by Gasteiger charge is -2.48. The van der Waals surface area contributed by atoms with Crippen molar-refractivity contribution in [3.63, 3.8) is 0 Å². The minimum Gasteiger partial charge on any atom is -0.394 e. The Labute approximate surface area is 316 Å². The van der Waals surface area contributed by atoms with E-state index in [1.54, 1.807) is 0 Å². The standard InChI is InChI=1S/C30H52O26/c31-1-6-11(34)14(37)20(43)27(51-6)48-4-9-13(36)16(39)22(45)29(54-9)55-24-8(3-33)53-30(23(46)18(24)41)56-25-10(50-26(47)19(42)17(25)40)5-49-28-21(44)15(38)12(35)7(2-32)52-28/h6-47H,1-5H2/t6-,7-,8-,9-,10-,11+,12+,13-,14+,15+,16+,17-,18-,19+,20-,21-,22+,23+,24-,25-,26?,27+,28+,29+,30+/m1/s1. The van der Waals surface area contributed by atoms with E-state index in [9.17, 15) is 86.8 Å². The lowest BCUT2D eigenvalue weighted by atomic mass is 9.96. The highest BCUT2D eigenvalue weighted by molar-refractivity contribution is 4.97. The Morgan fingerprint density at radius 3 is 1.11 bits per heavy atom. The summed E-state index contributed by atoms with van der Waals surface area (Å²) in [7, 11) is 0. The fourth-order valence-electron chi connectivity index (χ4n) is 6.82. The first-order valence-electron chi connectivity index (χ1n) is 17.6. The van der Waals surface area contributed by atoms with Gasteiger partial charge in [0.2, 0.25) is 0 Å². The molecule has 17 N–H and O–H groups in total. The quantitative estimate of drug-likeness (QED) is 0.0819. The van der Waals surface area contributed by atoms with Crippen LogP contribution in [0.1, 0.15) is 0 Å². The average Bonchev–Trinajstić information content (AvgIpc) is 3.18. The van der Waals surface area contributed by atoms with E-state index >= 15 is 0 Å². The molecule has 0 amide bonds. The monoisotopic (exact) mass is 828 g/mol. The third-order valence-electron chi connectivity index (χ3n) is 10.3. The van der Waals surface area contributed by atoms with E-state index < -0.39 is 187 Å². The van der Waals surface area contributed by atoms with E-state index in [2.05, 4.69) is 0 Å². The zero-order valence-electron chi connectivity index (χ0n) is 29.2. The van der Waals surface area contributed by atoms with Crippen molar-refractivity contribution in [2.24, 2.45) is 0 Å². The molecule has 1 unspecified atom stereocenters. The molecule has 5 heterocycles. The van der Waals surface area contributed by atoms with E-state index in [1.807, 2.05) is 0 Å². The summed E-state index contributed by atoms with van der Waals surface area (Å²) in [6.07, 6.45) is -45.4. The largest absolute Gasteiger partial charge is 0.394 e. The fraction of sp³-hybridized carbons (Fsp3) is 1.00. The van der Waals surface area contributed by atoms with E-state index in [0.29, 0.717) is 0 Å². The molecule has 0 aromatic carbocycles. The second-order valence-corrected chi connectivity index (χ2v) is 14.0. The molecule has 56 heavy (non-hydrogen) atoms. The highest BCUT2D eigenvalue weighted by atomic mass is 16.8. The number of aliphatic hydroxyl groups excluding tert-OH is 17. The van der Waals surface area contributed by atoms with Crippen LogP contribution in [0.15, 0.2) is 0 Å². The molecule has 0 aromatic rings. The molecule has 0 spiro atoms. The second kappa shape index (κ2) is 19.6. The minimum absolute atomic E-state index is 0.729. The van der Waals surface area contributed by atoms with Crippen LogP contribution in [0.2, 0.25) is 0 Å². The van der Waals surface area contributed by atoms with Gasteiger partial charge in [-0.15, -0.1) is 0 Å². The second-order valence-electron chi connectivity index (χ2n) is 14.0. The zero-order chi connectivity index (χ0) is 41.3. The molecule has 5 fully saturated rings. The number of hydrogen-bond donors (Lipinski definition) is 17. The number of hydrogen-bond acceptors (Lipinski definition) is 26. The molecular formula is C30H52O26. The first-order chi connectivity index (χ1) is 26.4. The topological polar surface area (TPSA) is 427 Å². The van der Waals surface area contributed by atoms with Gasteiger partial charge < -0.3 is 129 Å². The molecule has 328 valence electrons. The number of ether oxygens (including phenoxy) is 9. The van der Waals surface area contributed by atoms with Crippen LogP contribution in [0.4, 0.5) is 0 Å². The molecule has 26 heteroatoms. The van der Waals surface area contributed by atoms with Gasteiger partial charge in [-0.05, 0) is 0 Å². The fourth-order valence-corrected chi connectivity index (χ4v) is 6.82. The first-order valence-corrected chi connectivity index (χ1v) is 17.6. The summed E-state index contributed by atoms with van der Waals surface area (Å²) in [5, 5.41) is 175. The molecule has 5 aliphatic heterocycles. The molecule has 0 aliphatic carbocycles. The van der Waals surface area contributed by atoms with Gasteiger partial charge in [0.05, 0.1) is 33.0 Å². The summed E-state index contributed by atoms with van der Waals surface area (Å²) in [5.74, 6) is 0. The van der Waals surface area contributed by atoms with Crippen LogP contribution in [0, 0.1) is 0 Å². The van der Waals surface area contributed by atoms with E-state index in [-0.39, 0.29) is 0 Å². The van der Waals surface area contributed by atoms with Crippen molar-refractivity contribution in [1.29, 1.82) is 0 Å². The van der Waals surface area contributed by atoms with Crippen LogP contribution in [0.3, 0.4) is 0 Å². The summed E-state index contributed by atoms with van der Waals surface area (Å²) >= 11 is 0. The van der Waals surface area contributed by atoms with Crippen LogP contribution >= 0.6 is 0 Å². The van der Waals surface area contributed by atoms with Gasteiger partial charge in [0.25, 0.3) is 0 Å². The van der Waals surface area contributed by atoms with Gasteiger partial charge in [0.15, 0.2) is 31.5 Å². The van der Waals surface area contributed by atoms with E-state index in [1.165, 1.54) is 0 Å². The smallest absolute Gasteiger partial charge is 0.187 e. The Kier molecular flexibility index (Phi) is 16.1. The van der Waals surface area contributed by atoms with Gasteiger partial charge in [-0.25, -0.2) is 0 Å². The van der Waals surface area contributed by atoms with Crippen molar-refractivity contribution in [3.8, 4) is 0 Å². The van der Waals surface area contributed by atoms with Gasteiger partial charge in [-0.1, -0.05) is 0 Å². The third-order valence-corrected chi connectivity index (χ3v) is 10.3. The maximum atomic E-state index is 11.1.